The Balaban J connectivity index is 1.77. The first-order valence-corrected chi connectivity index (χ1v) is 9.18. The number of Topliss-reactive ketones (excluding diaryl/α,β-unsaturated/α-hetero) is 1. The summed E-state index contributed by atoms with van der Waals surface area (Å²) in [7, 11) is 3.53. The number of nitrogens with one attached hydrogen (secondary N) is 1. The van der Waals surface area contributed by atoms with Crippen molar-refractivity contribution in [2.24, 2.45) is 13.0 Å². The van der Waals surface area contributed by atoms with Crippen LogP contribution in [0.4, 0.5) is 5.82 Å². The van der Waals surface area contributed by atoms with E-state index in [4.69, 9.17) is 0 Å². The second-order valence-corrected chi connectivity index (χ2v) is 7.12. The molecule has 1 unspecified atom stereocenters. The first-order chi connectivity index (χ1) is 13.9. The molecule has 4 atom stereocenters. The van der Waals surface area contributed by atoms with Crippen molar-refractivity contribution in [3.05, 3.63) is 30.1 Å². The summed E-state index contributed by atoms with van der Waals surface area (Å²) in [5, 5.41) is 27.8. The van der Waals surface area contributed by atoms with Crippen LogP contribution in [0.25, 0.3) is 11.2 Å². The lowest BCUT2D eigenvalue weighted by Gasteiger charge is -2.18. The molecule has 1 aliphatic carbocycles. The molecular weight excluding hydrogens is 374 g/mol. The molecule has 3 N–H and O–H groups in total. The van der Waals surface area contributed by atoms with E-state index in [2.05, 4.69) is 37.2 Å². The Morgan fingerprint density at radius 2 is 2.07 bits per heavy atom. The maximum absolute atomic E-state index is 11.8. The maximum atomic E-state index is 11.8. The zero-order valence-electron chi connectivity index (χ0n) is 16.2. The predicted octanol–water partition coefficient (Wildman–Crippen LogP) is -0.127. The van der Waals surface area contributed by atoms with Crippen LogP contribution in [0.15, 0.2) is 18.7 Å². The average molecular weight is 395 g/mol. The summed E-state index contributed by atoms with van der Waals surface area (Å²) in [6.07, 6.45) is 3.06. The fraction of sp³-hybridized carbons (Fsp3) is 0.421. The Morgan fingerprint density at radius 3 is 2.69 bits per heavy atom. The Hall–Kier alpha value is -3.29. The van der Waals surface area contributed by atoms with E-state index in [0.29, 0.717) is 23.4 Å². The van der Waals surface area contributed by atoms with Gasteiger partial charge in [0, 0.05) is 26.2 Å². The van der Waals surface area contributed by atoms with E-state index in [1.54, 1.807) is 42.1 Å². The third-order valence-corrected chi connectivity index (χ3v) is 5.21. The normalized spacial score (nSPS) is 23.8. The zero-order valence-corrected chi connectivity index (χ0v) is 16.2. The van der Waals surface area contributed by atoms with E-state index in [1.165, 1.54) is 6.92 Å². The predicted molar refractivity (Wildman–Crippen MR) is 104 cm³/mol. The minimum absolute atomic E-state index is 0.156. The van der Waals surface area contributed by atoms with Gasteiger partial charge in [0.15, 0.2) is 17.0 Å². The standard InChI is InChI=1S/C19H21N7O3/c1-10(27)12-6-13(17(29)16(12)28)26-9-21-15-18(20-2)23-14(24-19(15)26)5-4-11-7-22-25(3)8-11/h7-9,12-13,16-17,28-29H,6H2,1-3H3,(H,20,23,24)/t12-,13-,16?,17+/m1/s1. The molecule has 0 aromatic carbocycles. The lowest BCUT2D eigenvalue weighted by atomic mass is 10.0. The van der Waals surface area contributed by atoms with E-state index in [9.17, 15) is 15.0 Å². The van der Waals surface area contributed by atoms with Gasteiger partial charge in [-0.2, -0.15) is 5.10 Å². The fourth-order valence-electron chi connectivity index (χ4n) is 3.69. The quantitative estimate of drug-likeness (QED) is 0.523. The molecule has 1 fully saturated rings. The topological polar surface area (TPSA) is 131 Å². The lowest BCUT2D eigenvalue weighted by Crippen LogP contribution is -2.31. The van der Waals surface area contributed by atoms with Crippen molar-refractivity contribution in [2.75, 3.05) is 12.4 Å². The third kappa shape index (κ3) is 3.35. The van der Waals surface area contributed by atoms with Crippen molar-refractivity contribution in [1.82, 2.24) is 29.3 Å². The number of aryl methyl sites for hydroxylation is 1. The summed E-state index contributed by atoms with van der Waals surface area (Å²) in [5.74, 6) is 5.89. The summed E-state index contributed by atoms with van der Waals surface area (Å²) >= 11 is 0. The molecule has 3 aromatic rings. The third-order valence-electron chi connectivity index (χ3n) is 5.21. The van der Waals surface area contributed by atoms with Gasteiger partial charge in [-0.15, -0.1) is 0 Å². The monoisotopic (exact) mass is 395 g/mol. The number of hydrogen-bond donors (Lipinski definition) is 3. The van der Waals surface area contributed by atoms with Gasteiger partial charge < -0.3 is 20.1 Å². The van der Waals surface area contributed by atoms with Gasteiger partial charge in [-0.1, -0.05) is 5.92 Å². The van der Waals surface area contributed by atoms with Gasteiger partial charge in [-0.25, -0.2) is 15.0 Å². The first-order valence-electron chi connectivity index (χ1n) is 9.18. The van der Waals surface area contributed by atoms with E-state index < -0.39 is 24.2 Å². The first kappa shape index (κ1) is 19.0. The van der Waals surface area contributed by atoms with Gasteiger partial charge in [-0.3, -0.25) is 9.48 Å². The smallest absolute Gasteiger partial charge is 0.209 e. The molecule has 0 spiro atoms. The number of nitrogens with zero attached hydrogens (tertiary/aromatic N) is 6. The van der Waals surface area contributed by atoms with Crippen LogP contribution >= 0.6 is 0 Å². The van der Waals surface area contributed by atoms with Crippen LogP contribution in [0, 0.1) is 17.8 Å². The minimum Gasteiger partial charge on any atom is -0.390 e. The number of aliphatic hydroxyl groups excluding tert-OH is 2. The molecule has 3 heterocycles. The molecule has 3 aromatic heterocycles. The van der Waals surface area contributed by atoms with Crippen LogP contribution < -0.4 is 5.32 Å². The van der Waals surface area contributed by atoms with Gasteiger partial charge >= 0.3 is 0 Å². The highest BCUT2D eigenvalue weighted by molar-refractivity contribution is 5.83. The molecule has 0 aliphatic heterocycles. The van der Waals surface area contributed by atoms with Crippen LogP contribution in [0.5, 0.6) is 0 Å². The van der Waals surface area contributed by atoms with Crippen LogP contribution in [0.1, 0.15) is 30.8 Å². The number of aromatic nitrogens is 6. The number of aliphatic hydroxyl groups is 2. The minimum atomic E-state index is -1.12. The molecule has 4 rings (SSSR count). The van der Waals surface area contributed by atoms with E-state index >= 15 is 0 Å². The number of fused-ring (bicyclic) bond motifs is 1. The molecular formula is C19H21N7O3. The summed E-state index contributed by atoms with van der Waals surface area (Å²) < 4.78 is 3.34. The van der Waals surface area contributed by atoms with E-state index in [1.807, 2.05) is 0 Å². The molecule has 0 radical (unpaired) electrons. The molecule has 1 aliphatic rings. The molecule has 0 saturated heterocycles. The SMILES string of the molecule is CNc1nc(C#Cc2cnn(C)c2)nc2c1ncn2[C@@H]1C[C@H](C(C)=O)C(O)[C@H]1O. The average Bonchev–Trinajstić information content (AvgIpc) is 3.38. The number of hydrogen-bond acceptors (Lipinski definition) is 8. The van der Waals surface area contributed by atoms with Crippen molar-refractivity contribution in [3.63, 3.8) is 0 Å². The van der Waals surface area contributed by atoms with Crippen molar-refractivity contribution in [1.29, 1.82) is 0 Å². The number of imidazole rings is 1. The number of carbonyl (C=O) groups is 1. The molecule has 0 amide bonds. The molecule has 0 bridgehead atoms. The number of rotatable bonds is 3. The molecule has 29 heavy (non-hydrogen) atoms. The van der Waals surface area contributed by atoms with Crippen LogP contribution in [-0.4, -0.2) is 64.6 Å². The van der Waals surface area contributed by atoms with Crippen molar-refractivity contribution in [2.45, 2.75) is 31.6 Å². The number of anilines is 1. The van der Waals surface area contributed by atoms with Crippen molar-refractivity contribution >= 4 is 22.8 Å². The summed E-state index contributed by atoms with van der Waals surface area (Å²) in [5.41, 5.74) is 1.72. The maximum Gasteiger partial charge on any atom is 0.209 e. The highest BCUT2D eigenvalue weighted by Gasteiger charge is 2.45. The van der Waals surface area contributed by atoms with E-state index in [0.717, 1.165) is 5.56 Å². The van der Waals surface area contributed by atoms with Crippen LogP contribution in [0.3, 0.4) is 0 Å². The summed E-state index contributed by atoms with van der Waals surface area (Å²) in [4.78, 5) is 25.1. The van der Waals surface area contributed by atoms with Crippen molar-refractivity contribution < 1.29 is 15.0 Å². The summed E-state index contributed by atoms with van der Waals surface area (Å²) in [6, 6.07) is -0.525. The van der Waals surface area contributed by atoms with E-state index in [-0.39, 0.29) is 11.6 Å². The highest BCUT2D eigenvalue weighted by atomic mass is 16.3. The lowest BCUT2D eigenvalue weighted by molar-refractivity contribution is -0.124. The van der Waals surface area contributed by atoms with Crippen LogP contribution in [-0.2, 0) is 11.8 Å². The zero-order chi connectivity index (χ0) is 20.7. The van der Waals surface area contributed by atoms with Crippen LogP contribution in [0.2, 0.25) is 0 Å². The van der Waals surface area contributed by atoms with Gasteiger partial charge in [0.25, 0.3) is 0 Å². The number of carbonyl (C=O) groups excluding carboxylic acids is 1. The highest BCUT2D eigenvalue weighted by Crippen LogP contribution is 2.37. The Kier molecular flexibility index (Phi) is 4.77. The molecule has 10 heteroatoms. The largest absolute Gasteiger partial charge is 0.390 e. The molecule has 10 nitrogen and oxygen atoms in total. The second-order valence-electron chi connectivity index (χ2n) is 7.12. The summed E-state index contributed by atoms with van der Waals surface area (Å²) in [6.45, 7) is 1.42. The van der Waals surface area contributed by atoms with Crippen molar-refractivity contribution in [3.8, 4) is 11.8 Å². The molecule has 1 saturated carbocycles. The Labute approximate surface area is 166 Å². The Morgan fingerprint density at radius 1 is 1.28 bits per heavy atom. The van der Waals surface area contributed by atoms with Gasteiger partial charge in [0.05, 0.1) is 30.2 Å². The molecule has 150 valence electrons. The fourth-order valence-corrected chi connectivity index (χ4v) is 3.69. The van der Waals surface area contributed by atoms with Gasteiger partial charge in [-0.05, 0) is 19.3 Å². The Bertz CT molecular complexity index is 1140. The van der Waals surface area contributed by atoms with Gasteiger partial charge in [0.1, 0.15) is 11.9 Å². The number of ketones is 1. The van der Waals surface area contributed by atoms with Gasteiger partial charge in [0.2, 0.25) is 5.82 Å². The second kappa shape index (κ2) is 7.27.